The maximum Gasteiger partial charge on any atom is 0.306 e. The number of benzene rings is 3. The molecule has 0 aliphatic heterocycles. The van der Waals surface area contributed by atoms with Crippen molar-refractivity contribution in [3.05, 3.63) is 70.2 Å². The molecule has 0 amide bonds. The highest BCUT2D eigenvalue weighted by atomic mass is 79.9. The van der Waals surface area contributed by atoms with Crippen molar-refractivity contribution in [1.29, 1.82) is 0 Å². The molecular weight excluding hydrogens is 484 g/mol. The minimum absolute atomic E-state index is 0.0965. The quantitative estimate of drug-likeness (QED) is 0.383. The zero-order chi connectivity index (χ0) is 22.6. The Balaban J connectivity index is 2.08. The summed E-state index contributed by atoms with van der Waals surface area (Å²) in [5.74, 6) is 1.68. The lowest BCUT2D eigenvalue weighted by molar-refractivity contribution is 0.296. The second-order valence-electron chi connectivity index (χ2n) is 6.82. The van der Waals surface area contributed by atoms with Crippen LogP contribution in [0.4, 0.5) is 0 Å². The van der Waals surface area contributed by atoms with Gasteiger partial charge in [-0.05, 0) is 52.2 Å². The molecule has 164 valence electrons. The van der Waals surface area contributed by atoms with Gasteiger partial charge in [0.15, 0.2) is 11.5 Å². The number of hydrogen-bond donors (Lipinski definition) is 0. The molecule has 0 saturated carbocycles. The predicted octanol–water partition coefficient (Wildman–Crippen LogP) is 5.36. The molecule has 0 saturated heterocycles. The second-order valence-corrected chi connectivity index (χ2v) is 9.25. The maximum absolute atomic E-state index is 11.9. The van der Waals surface area contributed by atoms with Gasteiger partial charge in [0.25, 0.3) is 0 Å². The molecule has 0 aromatic heterocycles. The monoisotopic (exact) mass is 506 g/mol. The molecular formula is C23H23BrO6S. The van der Waals surface area contributed by atoms with E-state index in [-0.39, 0.29) is 12.4 Å². The normalized spacial score (nSPS) is 11.1. The zero-order valence-electron chi connectivity index (χ0n) is 17.6. The van der Waals surface area contributed by atoms with E-state index in [4.69, 9.17) is 18.4 Å². The molecule has 3 aromatic rings. The summed E-state index contributed by atoms with van der Waals surface area (Å²) in [4.78, 5) is 0. The van der Waals surface area contributed by atoms with Crippen LogP contribution in [-0.2, 0) is 16.7 Å². The van der Waals surface area contributed by atoms with Crippen LogP contribution in [0.1, 0.15) is 11.1 Å². The minimum atomic E-state index is -3.77. The van der Waals surface area contributed by atoms with E-state index in [2.05, 4.69) is 15.9 Å². The van der Waals surface area contributed by atoms with E-state index >= 15 is 0 Å². The third-order valence-electron chi connectivity index (χ3n) is 4.57. The van der Waals surface area contributed by atoms with E-state index in [0.717, 1.165) is 27.4 Å². The highest BCUT2D eigenvalue weighted by Gasteiger charge is 2.20. The average Bonchev–Trinajstić information content (AvgIpc) is 2.72. The maximum atomic E-state index is 11.9. The summed E-state index contributed by atoms with van der Waals surface area (Å²) >= 11 is 3.49. The predicted molar refractivity (Wildman–Crippen MR) is 124 cm³/mol. The van der Waals surface area contributed by atoms with Gasteiger partial charge in [-0.3, -0.25) is 0 Å². The van der Waals surface area contributed by atoms with Gasteiger partial charge < -0.3 is 18.4 Å². The van der Waals surface area contributed by atoms with Gasteiger partial charge in [0.1, 0.15) is 18.1 Å². The number of hydrogen-bond acceptors (Lipinski definition) is 6. The molecule has 0 heterocycles. The lowest BCUT2D eigenvalue weighted by atomic mass is 9.98. The van der Waals surface area contributed by atoms with E-state index in [1.807, 2.05) is 43.3 Å². The Hall–Kier alpha value is -2.71. The fourth-order valence-electron chi connectivity index (χ4n) is 3.25. The largest absolute Gasteiger partial charge is 0.496 e. The first-order valence-corrected chi connectivity index (χ1v) is 12.0. The van der Waals surface area contributed by atoms with Gasteiger partial charge in [0.2, 0.25) is 0 Å². The van der Waals surface area contributed by atoms with Crippen LogP contribution in [0, 0.1) is 6.92 Å². The Morgan fingerprint density at radius 3 is 2.23 bits per heavy atom. The van der Waals surface area contributed by atoms with Gasteiger partial charge in [-0.25, -0.2) is 0 Å². The van der Waals surface area contributed by atoms with Crippen LogP contribution in [0.15, 0.2) is 59.1 Å². The van der Waals surface area contributed by atoms with Crippen LogP contribution in [-0.4, -0.2) is 28.9 Å². The number of ether oxygens (including phenoxy) is 3. The Kier molecular flexibility index (Phi) is 7.12. The van der Waals surface area contributed by atoms with Crippen molar-refractivity contribution in [2.75, 3.05) is 20.5 Å². The highest BCUT2D eigenvalue weighted by molar-refractivity contribution is 9.10. The smallest absolute Gasteiger partial charge is 0.306 e. The fraction of sp³-hybridized carbons (Fsp3) is 0.217. The Bertz CT molecular complexity index is 1180. The van der Waals surface area contributed by atoms with Crippen LogP contribution < -0.4 is 18.4 Å². The molecule has 8 heteroatoms. The summed E-state index contributed by atoms with van der Waals surface area (Å²) in [7, 11) is -0.613. The van der Waals surface area contributed by atoms with Gasteiger partial charge in [-0.15, -0.1) is 0 Å². The molecule has 3 rings (SSSR count). The summed E-state index contributed by atoms with van der Waals surface area (Å²) in [5.41, 5.74) is 3.24. The van der Waals surface area contributed by atoms with Crippen molar-refractivity contribution in [3.8, 4) is 34.1 Å². The number of rotatable bonds is 8. The van der Waals surface area contributed by atoms with Crippen LogP contribution in [0.25, 0.3) is 11.1 Å². The molecule has 0 spiro atoms. The Morgan fingerprint density at radius 1 is 0.903 bits per heavy atom. The highest BCUT2D eigenvalue weighted by Crippen LogP contribution is 2.45. The van der Waals surface area contributed by atoms with Gasteiger partial charge in [0.05, 0.1) is 24.9 Å². The van der Waals surface area contributed by atoms with Gasteiger partial charge >= 0.3 is 10.1 Å². The summed E-state index contributed by atoms with van der Waals surface area (Å²) < 4.78 is 46.7. The molecule has 0 unspecified atom stereocenters. The van der Waals surface area contributed by atoms with Crippen molar-refractivity contribution >= 4 is 26.0 Å². The average molecular weight is 507 g/mol. The first-order chi connectivity index (χ1) is 14.7. The molecule has 0 bridgehead atoms. The van der Waals surface area contributed by atoms with Gasteiger partial charge in [0, 0.05) is 11.1 Å². The molecule has 0 N–H and O–H groups in total. The SMILES string of the molecule is COc1cc(Br)c(OC)c(C)c1-c1ccc(OCc2ccccc2)c(OS(C)(=O)=O)c1. The topological polar surface area (TPSA) is 71.1 Å². The van der Waals surface area contributed by atoms with E-state index in [9.17, 15) is 8.42 Å². The van der Waals surface area contributed by atoms with E-state index in [1.54, 1.807) is 32.4 Å². The van der Waals surface area contributed by atoms with Crippen LogP contribution in [0.2, 0.25) is 0 Å². The van der Waals surface area contributed by atoms with Crippen molar-refractivity contribution in [1.82, 2.24) is 0 Å². The van der Waals surface area contributed by atoms with E-state index < -0.39 is 10.1 Å². The standard InChI is InChI=1S/C23H23BrO6S/c1-15-22(21(27-2)13-18(24)23(15)28-3)17-10-11-19(20(12-17)30-31(4,25)26)29-14-16-8-6-5-7-9-16/h5-13H,14H2,1-4H3. The lowest BCUT2D eigenvalue weighted by Crippen LogP contribution is -2.08. The molecule has 0 radical (unpaired) electrons. The van der Waals surface area contributed by atoms with Crippen molar-refractivity contribution in [3.63, 3.8) is 0 Å². The summed E-state index contributed by atoms with van der Waals surface area (Å²) in [6.07, 6.45) is 0.995. The molecule has 6 nitrogen and oxygen atoms in total. The molecule has 31 heavy (non-hydrogen) atoms. The second kappa shape index (κ2) is 9.62. The Morgan fingerprint density at radius 2 is 1.61 bits per heavy atom. The van der Waals surface area contributed by atoms with Crippen molar-refractivity contribution in [2.45, 2.75) is 13.5 Å². The summed E-state index contributed by atoms with van der Waals surface area (Å²) in [6, 6.07) is 16.5. The molecule has 0 atom stereocenters. The number of methoxy groups -OCH3 is 2. The van der Waals surface area contributed by atoms with Crippen LogP contribution in [0.5, 0.6) is 23.0 Å². The van der Waals surface area contributed by atoms with E-state index in [1.165, 1.54) is 0 Å². The molecule has 3 aromatic carbocycles. The van der Waals surface area contributed by atoms with Crippen LogP contribution in [0.3, 0.4) is 0 Å². The van der Waals surface area contributed by atoms with Crippen molar-refractivity contribution < 1.29 is 26.8 Å². The summed E-state index contributed by atoms with van der Waals surface area (Å²) in [6.45, 7) is 2.17. The lowest BCUT2D eigenvalue weighted by Gasteiger charge is -2.18. The van der Waals surface area contributed by atoms with Gasteiger partial charge in [-0.1, -0.05) is 36.4 Å². The first-order valence-electron chi connectivity index (χ1n) is 9.35. The summed E-state index contributed by atoms with van der Waals surface area (Å²) in [5, 5.41) is 0. The third-order valence-corrected chi connectivity index (χ3v) is 5.64. The first kappa shape index (κ1) is 23.0. The molecule has 0 aliphatic rings. The molecule has 0 aliphatic carbocycles. The Labute approximate surface area is 191 Å². The molecule has 0 fully saturated rings. The number of halogens is 1. The van der Waals surface area contributed by atoms with Crippen LogP contribution >= 0.6 is 15.9 Å². The third kappa shape index (κ3) is 5.51. The fourth-order valence-corrected chi connectivity index (χ4v) is 4.37. The van der Waals surface area contributed by atoms with Crippen molar-refractivity contribution in [2.24, 2.45) is 0 Å². The minimum Gasteiger partial charge on any atom is -0.496 e. The van der Waals surface area contributed by atoms with Gasteiger partial charge in [-0.2, -0.15) is 8.42 Å². The van der Waals surface area contributed by atoms with E-state index in [0.29, 0.717) is 22.8 Å². The zero-order valence-corrected chi connectivity index (χ0v) is 20.0.